The fraction of sp³-hybridized carbons (Fsp3) is 0.300. The molecule has 0 aliphatic rings. The largest absolute Gasteiger partial charge is 0.355 e. The quantitative estimate of drug-likeness (QED) is 0.599. The summed E-state index contributed by atoms with van der Waals surface area (Å²) in [6, 6.07) is 3.05. The number of halogens is 1. The average molecular weight is 242 g/mol. The highest BCUT2D eigenvalue weighted by molar-refractivity contribution is 6.29. The Hall–Kier alpha value is -1.62. The molecule has 2 N–H and O–H groups in total. The van der Waals surface area contributed by atoms with Crippen LogP contribution in [0.15, 0.2) is 18.3 Å². The second-order valence-corrected chi connectivity index (χ2v) is 3.49. The molecule has 0 radical (unpaired) electrons. The number of hydrogen-bond acceptors (Lipinski definition) is 3. The summed E-state index contributed by atoms with van der Waals surface area (Å²) in [6.07, 6.45) is 1.46. The first-order valence-electron chi connectivity index (χ1n) is 4.74. The molecular formula is C10H12ClN3O2. The van der Waals surface area contributed by atoms with Crippen molar-refractivity contribution in [1.29, 1.82) is 0 Å². The molecule has 0 atom stereocenters. The third kappa shape index (κ3) is 4.27. The summed E-state index contributed by atoms with van der Waals surface area (Å²) >= 11 is 5.64. The first kappa shape index (κ1) is 12.4. The summed E-state index contributed by atoms with van der Waals surface area (Å²) in [4.78, 5) is 25.9. The lowest BCUT2D eigenvalue weighted by atomic mass is 10.2. The fourth-order valence-corrected chi connectivity index (χ4v) is 1.23. The number of nitrogens with one attached hydrogen (secondary N) is 2. The van der Waals surface area contributed by atoms with Crippen LogP contribution in [0.4, 0.5) is 0 Å². The van der Waals surface area contributed by atoms with Crippen LogP contribution >= 0.6 is 11.6 Å². The zero-order valence-electron chi connectivity index (χ0n) is 8.79. The number of pyridine rings is 1. The van der Waals surface area contributed by atoms with Crippen LogP contribution in [0.2, 0.25) is 5.15 Å². The molecule has 16 heavy (non-hydrogen) atoms. The third-order valence-electron chi connectivity index (χ3n) is 1.77. The van der Waals surface area contributed by atoms with E-state index in [2.05, 4.69) is 15.6 Å². The van der Waals surface area contributed by atoms with E-state index in [0.717, 1.165) is 0 Å². The predicted octanol–water partition coefficient (Wildman–Crippen LogP) is 0.601. The third-order valence-corrected chi connectivity index (χ3v) is 1.98. The Morgan fingerprint density at radius 2 is 2.06 bits per heavy atom. The van der Waals surface area contributed by atoms with Crippen LogP contribution in [-0.4, -0.2) is 29.9 Å². The van der Waals surface area contributed by atoms with E-state index in [1.165, 1.54) is 19.2 Å². The van der Waals surface area contributed by atoms with Crippen LogP contribution in [0.25, 0.3) is 0 Å². The number of nitrogens with zero attached hydrogens (tertiary/aromatic N) is 1. The normalized spacial score (nSPS) is 9.62. The van der Waals surface area contributed by atoms with Gasteiger partial charge >= 0.3 is 0 Å². The number of carbonyl (C=O) groups excluding carboxylic acids is 2. The smallest absolute Gasteiger partial charge is 0.251 e. The van der Waals surface area contributed by atoms with Crippen LogP contribution in [0.3, 0.4) is 0 Å². The highest BCUT2D eigenvalue weighted by Crippen LogP contribution is 2.06. The Balaban J connectivity index is 2.38. The second-order valence-electron chi connectivity index (χ2n) is 3.11. The van der Waals surface area contributed by atoms with Crippen molar-refractivity contribution in [2.45, 2.75) is 6.92 Å². The molecule has 0 saturated heterocycles. The summed E-state index contributed by atoms with van der Waals surface area (Å²) in [5, 5.41) is 5.49. The molecule has 0 unspecified atom stereocenters. The molecular weight excluding hydrogens is 230 g/mol. The van der Waals surface area contributed by atoms with E-state index >= 15 is 0 Å². The Bertz CT molecular complexity index is 395. The maximum atomic E-state index is 11.5. The number of carbonyl (C=O) groups is 2. The topological polar surface area (TPSA) is 71.1 Å². The lowest BCUT2D eigenvalue weighted by Crippen LogP contribution is -2.33. The van der Waals surface area contributed by atoms with E-state index in [1.54, 1.807) is 6.07 Å². The summed E-state index contributed by atoms with van der Waals surface area (Å²) in [5.41, 5.74) is 0.447. The minimum absolute atomic E-state index is 0.124. The van der Waals surface area contributed by atoms with Gasteiger partial charge in [-0.25, -0.2) is 4.98 Å². The molecule has 0 fully saturated rings. The molecule has 6 heteroatoms. The molecule has 1 heterocycles. The van der Waals surface area contributed by atoms with Crippen molar-refractivity contribution in [2.24, 2.45) is 0 Å². The molecule has 0 spiro atoms. The number of aromatic nitrogens is 1. The number of rotatable bonds is 4. The van der Waals surface area contributed by atoms with Crippen LogP contribution in [0.1, 0.15) is 17.3 Å². The van der Waals surface area contributed by atoms with Crippen molar-refractivity contribution in [3.05, 3.63) is 29.0 Å². The highest BCUT2D eigenvalue weighted by atomic mass is 35.5. The SMILES string of the molecule is CC(=O)NCCNC(=O)c1ccnc(Cl)c1. The first-order valence-corrected chi connectivity index (χ1v) is 5.11. The van der Waals surface area contributed by atoms with E-state index < -0.39 is 0 Å². The predicted molar refractivity (Wildman–Crippen MR) is 60.3 cm³/mol. The van der Waals surface area contributed by atoms with Gasteiger partial charge in [-0.3, -0.25) is 9.59 Å². The van der Waals surface area contributed by atoms with Gasteiger partial charge in [0.25, 0.3) is 5.91 Å². The molecule has 0 saturated carbocycles. The van der Waals surface area contributed by atoms with E-state index in [1.807, 2.05) is 0 Å². The molecule has 0 aromatic carbocycles. The summed E-state index contributed by atoms with van der Waals surface area (Å²) in [6.45, 7) is 2.20. The van der Waals surface area contributed by atoms with Gasteiger partial charge in [-0.2, -0.15) is 0 Å². The second kappa shape index (κ2) is 6.07. The van der Waals surface area contributed by atoms with Gasteiger partial charge in [0.15, 0.2) is 0 Å². The summed E-state index contributed by atoms with van der Waals surface area (Å²) in [7, 11) is 0. The Kier molecular flexibility index (Phi) is 4.72. The van der Waals surface area contributed by atoms with Gasteiger partial charge in [0.05, 0.1) is 0 Å². The van der Waals surface area contributed by atoms with Crippen LogP contribution in [0, 0.1) is 0 Å². The van der Waals surface area contributed by atoms with Crippen molar-refractivity contribution in [3.8, 4) is 0 Å². The Labute approximate surface area is 98.2 Å². The van der Waals surface area contributed by atoms with Gasteiger partial charge in [0.1, 0.15) is 5.15 Å². The van der Waals surface area contributed by atoms with Crippen LogP contribution in [-0.2, 0) is 4.79 Å². The minimum Gasteiger partial charge on any atom is -0.355 e. The van der Waals surface area contributed by atoms with Gasteiger partial charge < -0.3 is 10.6 Å². The van der Waals surface area contributed by atoms with Gasteiger partial charge in [0.2, 0.25) is 5.91 Å². The monoisotopic (exact) mass is 241 g/mol. The molecule has 0 bridgehead atoms. The zero-order chi connectivity index (χ0) is 12.0. The minimum atomic E-state index is -0.241. The van der Waals surface area contributed by atoms with Gasteiger partial charge in [-0.15, -0.1) is 0 Å². The maximum Gasteiger partial charge on any atom is 0.251 e. The van der Waals surface area contributed by atoms with Crippen molar-refractivity contribution in [3.63, 3.8) is 0 Å². The lowest BCUT2D eigenvalue weighted by Gasteiger charge is -2.05. The first-order chi connectivity index (χ1) is 7.59. The zero-order valence-corrected chi connectivity index (χ0v) is 9.54. The van der Waals surface area contributed by atoms with Gasteiger partial charge in [0, 0.05) is 31.8 Å². The Morgan fingerprint density at radius 1 is 1.38 bits per heavy atom. The van der Waals surface area contributed by atoms with Crippen molar-refractivity contribution in [2.75, 3.05) is 13.1 Å². The van der Waals surface area contributed by atoms with E-state index in [9.17, 15) is 9.59 Å². The van der Waals surface area contributed by atoms with Gasteiger partial charge in [-0.05, 0) is 12.1 Å². The molecule has 1 rings (SSSR count). The van der Waals surface area contributed by atoms with Crippen LogP contribution < -0.4 is 10.6 Å². The molecule has 5 nitrogen and oxygen atoms in total. The molecule has 86 valence electrons. The fourth-order valence-electron chi connectivity index (χ4n) is 1.06. The number of amides is 2. The summed E-state index contributed by atoms with van der Waals surface area (Å²) < 4.78 is 0. The molecule has 1 aromatic rings. The van der Waals surface area contributed by atoms with Crippen molar-refractivity contribution in [1.82, 2.24) is 15.6 Å². The molecule has 2 amide bonds. The number of hydrogen-bond donors (Lipinski definition) is 2. The Morgan fingerprint density at radius 3 is 2.69 bits per heavy atom. The highest BCUT2D eigenvalue weighted by Gasteiger charge is 2.05. The maximum absolute atomic E-state index is 11.5. The van der Waals surface area contributed by atoms with Gasteiger partial charge in [-0.1, -0.05) is 11.6 Å². The van der Waals surface area contributed by atoms with E-state index in [4.69, 9.17) is 11.6 Å². The van der Waals surface area contributed by atoms with E-state index in [0.29, 0.717) is 18.7 Å². The van der Waals surface area contributed by atoms with Crippen molar-refractivity contribution < 1.29 is 9.59 Å². The molecule has 1 aromatic heterocycles. The molecule has 0 aliphatic heterocycles. The van der Waals surface area contributed by atoms with Crippen molar-refractivity contribution >= 4 is 23.4 Å². The standard InChI is InChI=1S/C10H12ClN3O2/c1-7(15)12-4-5-14-10(16)8-2-3-13-9(11)6-8/h2-3,6H,4-5H2,1H3,(H,12,15)(H,14,16). The average Bonchev–Trinajstić information content (AvgIpc) is 2.24. The van der Waals surface area contributed by atoms with Crippen LogP contribution in [0.5, 0.6) is 0 Å². The molecule has 0 aliphatic carbocycles. The van der Waals surface area contributed by atoms with E-state index in [-0.39, 0.29) is 17.0 Å². The lowest BCUT2D eigenvalue weighted by molar-refractivity contribution is -0.118. The summed E-state index contributed by atoms with van der Waals surface area (Å²) in [5.74, 6) is -0.365.